The van der Waals surface area contributed by atoms with Crippen LogP contribution in [0, 0.1) is 0 Å². The molecule has 0 saturated heterocycles. The number of carbonyl (C=O) groups is 1. The first-order valence-electron chi connectivity index (χ1n) is 6.20. The van der Waals surface area contributed by atoms with Crippen LogP contribution in [0.15, 0.2) is 38.3 Å². The number of hydrogen-bond donors (Lipinski definition) is 0. The van der Waals surface area contributed by atoms with E-state index in [2.05, 4.69) is 21.1 Å². The molecule has 3 rings (SSSR count). The Bertz CT molecular complexity index is 706. The molecule has 1 unspecified atom stereocenters. The van der Waals surface area contributed by atoms with E-state index < -0.39 is 10.8 Å². The summed E-state index contributed by atoms with van der Waals surface area (Å²) in [5.41, 5.74) is 1.06. The van der Waals surface area contributed by atoms with Crippen molar-refractivity contribution in [3.8, 4) is 0 Å². The molecule has 0 N–H and O–H groups in total. The van der Waals surface area contributed by atoms with Gasteiger partial charge in [0, 0.05) is 37.9 Å². The molecule has 0 amide bonds. The van der Waals surface area contributed by atoms with Crippen molar-refractivity contribution in [1.82, 2.24) is 5.16 Å². The van der Waals surface area contributed by atoms with Crippen LogP contribution >= 0.6 is 15.9 Å². The highest BCUT2D eigenvalue weighted by Gasteiger charge is 2.33. The predicted molar refractivity (Wildman–Crippen MR) is 78.4 cm³/mol. The molecule has 104 valence electrons. The van der Waals surface area contributed by atoms with Crippen LogP contribution in [-0.2, 0) is 10.8 Å². The highest BCUT2D eigenvalue weighted by Crippen LogP contribution is 2.42. The molecule has 1 atom stereocenters. The van der Waals surface area contributed by atoms with Gasteiger partial charge < -0.3 is 4.52 Å². The molecule has 20 heavy (non-hydrogen) atoms. The average molecular weight is 354 g/mol. The van der Waals surface area contributed by atoms with Crippen molar-refractivity contribution in [2.75, 3.05) is 6.26 Å². The molecule has 0 aliphatic heterocycles. The first-order valence-corrected chi connectivity index (χ1v) is 8.55. The fourth-order valence-corrected chi connectivity index (χ4v) is 3.32. The Labute approximate surface area is 127 Å². The fourth-order valence-electron chi connectivity index (χ4n) is 2.06. The van der Waals surface area contributed by atoms with Crippen LogP contribution in [0.2, 0.25) is 0 Å². The molecule has 1 heterocycles. The van der Waals surface area contributed by atoms with Gasteiger partial charge in [0.1, 0.15) is 0 Å². The lowest BCUT2D eigenvalue weighted by molar-refractivity contribution is 0.103. The number of ketones is 1. The molecular weight excluding hydrogens is 342 g/mol. The summed E-state index contributed by atoms with van der Waals surface area (Å²) in [6.45, 7) is 0. The van der Waals surface area contributed by atoms with E-state index in [-0.39, 0.29) is 5.78 Å². The van der Waals surface area contributed by atoms with E-state index >= 15 is 0 Å². The molecular formula is C14H12BrNO3S. The molecule has 1 aliphatic carbocycles. The molecule has 4 nitrogen and oxygen atoms in total. The van der Waals surface area contributed by atoms with Crippen molar-refractivity contribution in [1.29, 1.82) is 0 Å². The molecule has 2 aromatic rings. The van der Waals surface area contributed by atoms with Crippen molar-refractivity contribution >= 4 is 32.5 Å². The van der Waals surface area contributed by atoms with Crippen LogP contribution in [0.4, 0.5) is 0 Å². The number of benzene rings is 1. The lowest BCUT2D eigenvalue weighted by Crippen LogP contribution is -2.04. The highest BCUT2D eigenvalue weighted by molar-refractivity contribution is 9.10. The minimum atomic E-state index is -1.07. The van der Waals surface area contributed by atoms with Gasteiger partial charge in [-0.3, -0.25) is 9.00 Å². The third-order valence-electron chi connectivity index (χ3n) is 3.31. The second-order valence-corrected chi connectivity index (χ2v) is 7.04. The molecule has 0 radical (unpaired) electrons. The van der Waals surface area contributed by atoms with Gasteiger partial charge in [-0.05, 0) is 47.0 Å². The number of halogens is 1. The monoisotopic (exact) mass is 353 g/mol. The largest absolute Gasteiger partial charge is 0.360 e. The van der Waals surface area contributed by atoms with E-state index in [4.69, 9.17) is 4.52 Å². The van der Waals surface area contributed by atoms with E-state index in [9.17, 15) is 9.00 Å². The highest BCUT2D eigenvalue weighted by atomic mass is 79.9. The predicted octanol–water partition coefficient (Wildman–Crippen LogP) is 3.28. The van der Waals surface area contributed by atoms with Gasteiger partial charge >= 0.3 is 0 Å². The second kappa shape index (κ2) is 5.26. The Hall–Kier alpha value is -1.27. The van der Waals surface area contributed by atoms with E-state index in [1.807, 2.05) is 0 Å². The summed E-state index contributed by atoms with van der Waals surface area (Å²) >= 11 is 3.37. The SMILES string of the molecule is CS(=O)c1ccc(C(=O)c2cnoc2C2CC2)c(Br)c1. The standard InChI is InChI=1S/C14H12BrNO3S/c1-20(18)9-4-5-10(12(15)6-9)13(17)11-7-16-19-14(11)8-2-3-8/h4-8H,2-3H2,1H3. The van der Waals surface area contributed by atoms with E-state index in [1.54, 1.807) is 24.5 Å². The zero-order valence-corrected chi connectivity index (χ0v) is 13.2. The van der Waals surface area contributed by atoms with Gasteiger partial charge in [-0.2, -0.15) is 0 Å². The molecule has 1 saturated carbocycles. The Kier molecular flexibility index (Phi) is 3.60. The van der Waals surface area contributed by atoms with Crippen molar-refractivity contribution < 1.29 is 13.5 Å². The first kappa shape index (κ1) is 13.7. The maximum Gasteiger partial charge on any atom is 0.199 e. The smallest absolute Gasteiger partial charge is 0.199 e. The molecule has 1 aromatic carbocycles. The summed E-state index contributed by atoms with van der Waals surface area (Å²) in [7, 11) is -1.07. The lowest BCUT2D eigenvalue weighted by Gasteiger charge is -2.05. The summed E-state index contributed by atoms with van der Waals surface area (Å²) in [6.07, 6.45) is 5.18. The quantitative estimate of drug-likeness (QED) is 0.791. The maximum absolute atomic E-state index is 12.6. The Morgan fingerprint density at radius 2 is 2.15 bits per heavy atom. The van der Waals surface area contributed by atoms with Crippen LogP contribution < -0.4 is 0 Å². The van der Waals surface area contributed by atoms with Gasteiger partial charge in [0.15, 0.2) is 11.5 Å². The number of carbonyl (C=O) groups excluding carboxylic acids is 1. The summed E-state index contributed by atoms with van der Waals surface area (Å²) < 4.78 is 17.3. The number of rotatable bonds is 4. The molecule has 1 aliphatic rings. The maximum atomic E-state index is 12.6. The van der Waals surface area contributed by atoms with Gasteiger partial charge in [-0.15, -0.1) is 0 Å². The van der Waals surface area contributed by atoms with Crippen molar-refractivity contribution in [3.05, 3.63) is 45.8 Å². The molecule has 1 fully saturated rings. The Balaban J connectivity index is 1.98. The minimum Gasteiger partial charge on any atom is -0.360 e. The van der Waals surface area contributed by atoms with Crippen LogP contribution in [-0.4, -0.2) is 21.4 Å². The number of aromatic nitrogens is 1. The van der Waals surface area contributed by atoms with Gasteiger partial charge in [0.2, 0.25) is 0 Å². The molecule has 0 bridgehead atoms. The van der Waals surface area contributed by atoms with Crippen molar-refractivity contribution in [2.45, 2.75) is 23.7 Å². The third kappa shape index (κ3) is 2.50. The van der Waals surface area contributed by atoms with Gasteiger partial charge in [0.25, 0.3) is 0 Å². The third-order valence-corrected chi connectivity index (χ3v) is 4.88. The number of nitrogens with zero attached hydrogens (tertiary/aromatic N) is 1. The average Bonchev–Trinajstić information content (AvgIpc) is 3.15. The van der Waals surface area contributed by atoms with Gasteiger partial charge in [-0.25, -0.2) is 0 Å². The zero-order valence-electron chi connectivity index (χ0n) is 10.8. The number of hydrogen-bond acceptors (Lipinski definition) is 4. The van der Waals surface area contributed by atoms with Crippen LogP contribution in [0.1, 0.15) is 40.4 Å². The summed E-state index contributed by atoms with van der Waals surface area (Å²) in [5.74, 6) is 0.899. The molecule has 6 heteroatoms. The molecule has 1 aromatic heterocycles. The van der Waals surface area contributed by atoms with Crippen LogP contribution in [0.5, 0.6) is 0 Å². The lowest BCUT2D eigenvalue weighted by atomic mass is 10.0. The van der Waals surface area contributed by atoms with Gasteiger partial charge in [0.05, 0.1) is 11.8 Å². The van der Waals surface area contributed by atoms with Gasteiger partial charge in [-0.1, -0.05) is 5.16 Å². The normalized spacial score (nSPS) is 16.1. The summed E-state index contributed by atoms with van der Waals surface area (Å²) in [5, 5.41) is 3.75. The van der Waals surface area contributed by atoms with E-state index in [1.165, 1.54) is 6.20 Å². The van der Waals surface area contributed by atoms with E-state index in [0.29, 0.717) is 32.2 Å². The summed E-state index contributed by atoms with van der Waals surface area (Å²) in [6, 6.07) is 5.11. The zero-order chi connectivity index (χ0) is 14.3. The second-order valence-electron chi connectivity index (χ2n) is 4.80. The first-order chi connectivity index (χ1) is 9.58. The van der Waals surface area contributed by atoms with Crippen molar-refractivity contribution in [3.63, 3.8) is 0 Å². The fraction of sp³-hybridized carbons (Fsp3) is 0.286. The minimum absolute atomic E-state index is 0.117. The topological polar surface area (TPSA) is 60.2 Å². The Morgan fingerprint density at radius 3 is 2.75 bits per heavy atom. The van der Waals surface area contributed by atoms with E-state index in [0.717, 1.165) is 12.8 Å². The van der Waals surface area contributed by atoms with Crippen LogP contribution in [0.25, 0.3) is 0 Å². The van der Waals surface area contributed by atoms with Crippen molar-refractivity contribution in [2.24, 2.45) is 0 Å². The van der Waals surface area contributed by atoms with Crippen LogP contribution in [0.3, 0.4) is 0 Å². The molecule has 0 spiro atoms. The summed E-state index contributed by atoms with van der Waals surface area (Å²) in [4.78, 5) is 13.2. The Morgan fingerprint density at radius 1 is 1.40 bits per heavy atom.